The normalized spacial score (nSPS) is 14.9. The molecule has 1 aromatic rings. The molecule has 2 heterocycles. The van der Waals surface area contributed by atoms with Gasteiger partial charge in [0.15, 0.2) is 0 Å². The summed E-state index contributed by atoms with van der Waals surface area (Å²) >= 11 is 0. The van der Waals surface area contributed by atoms with Crippen LogP contribution in [0.2, 0.25) is 0 Å². The SMILES string of the molecule is CCOC(=O)C(=O)Nc1c(C)nn(C)c1C1CNC1. The van der Waals surface area contributed by atoms with Crippen molar-refractivity contribution in [2.24, 2.45) is 7.05 Å². The van der Waals surface area contributed by atoms with Gasteiger partial charge in [0.05, 0.1) is 23.7 Å². The van der Waals surface area contributed by atoms with E-state index in [1.165, 1.54) is 0 Å². The maximum atomic E-state index is 11.7. The number of ether oxygens (including phenoxy) is 1. The Labute approximate surface area is 111 Å². The summed E-state index contributed by atoms with van der Waals surface area (Å²) < 4.78 is 6.42. The Morgan fingerprint density at radius 1 is 1.53 bits per heavy atom. The first-order valence-electron chi connectivity index (χ1n) is 6.26. The number of esters is 1. The zero-order valence-electron chi connectivity index (χ0n) is 11.3. The van der Waals surface area contributed by atoms with Crippen LogP contribution in [0.3, 0.4) is 0 Å². The number of carbonyl (C=O) groups excluding carboxylic acids is 2. The highest BCUT2D eigenvalue weighted by molar-refractivity contribution is 6.37. The lowest BCUT2D eigenvalue weighted by Crippen LogP contribution is -2.41. The fraction of sp³-hybridized carbons (Fsp3) is 0.583. The monoisotopic (exact) mass is 266 g/mol. The van der Waals surface area contributed by atoms with Gasteiger partial charge in [0.2, 0.25) is 0 Å². The van der Waals surface area contributed by atoms with E-state index in [0.29, 0.717) is 17.3 Å². The molecule has 1 fully saturated rings. The molecule has 7 heteroatoms. The van der Waals surface area contributed by atoms with Crippen LogP contribution < -0.4 is 10.6 Å². The third-order valence-electron chi connectivity index (χ3n) is 3.13. The van der Waals surface area contributed by atoms with E-state index in [0.717, 1.165) is 18.8 Å². The molecule has 0 atom stereocenters. The van der Waals surface area contributed by atoms with E-state index in [1.807, 2.05) is 7.05 Å². The third-order valence-corrected chi connectivity index (χ3v) is 3.13. The zero-order chi connectivity index (χ0) is 14.0. The summed E-state index contributed by atoms with van der Waals surface area (Å²) in [5, 5.41) is 10.1. The highest BCUT2D eigenvalue weighted by Crippen LogP contribution is 2.29. The Hall–Kier alpha value is -1.89. The highest BCUT2D eigenvalue weighted by atomic mass is 16.5. The van der Waals surface area contributed by atoms with Crippen LogP contribution in [-0.4, -0.2) is 41.4 Å². The van der Waals surface area contributed by atoms with Gasteiger partial charge in [-0.15, -0.1) is 0 Å². The molecule has 0 spiro atoms. The lowest BCUT2D eigenvalue weighted by Gasteiger charge is -2.28. The van der Waals surface area contributed by atoms with Crippen molar-refractivity contribution in [2.45, 2.75) is 19.8 Å². The second kappa shape index (κ2) is 5.40. The van der Waals surface area contributed by atoms with E-state index in [9.17, 15) is 9.59 Å². The number of nitrogens with one attached hydrogen (secondary N) is 2. The summed E-state index contributed by atoms with van der Waals surface area (Å²) in [6.45, 7) is 5.34. The molecule has 1 amide bonds. The predicted octanol–water partition coefficient (Wildman–Crippen LogP) is -0.0831. The second-order valence-electron chi connectivity index (χ2n) is 4.50. The first-order valence-corrected chi connectivity index (χ1v) is 6.26. The molecule has 1 aliphatic heterocycles. The van der Waals surface area contributed by atoms with Gasteiger partial charge in [-0.25, -0.2) is 4.79 Å². The number of amides is 1. The Bertz CT molecular complexity index is 505. The topological polar surface area (TPSA) is 85.2 Å². The predicted molar refractivity (Wildman–Crippen MR) is 68.8 cm³/mol. The van der Waals surface area contributed by atoms with Gasteiger partial charge in [-0.05, 0) is 13.8 Å². The molecule has 0 saturated carbocycles. The van der Waals surface area contributed by atoms with Gasteiger partial charge in [0, 0.05) is 26.1 Å². The zero-order valence-corrected chi connectivity index (χ0v) is 11.3. The number of nitrogens with zero attached hydrogens (tertiary/aromatic N) is 2. The smallest absolute Gasteiger partial charge is 0.397 e. The summed E-state index contributed by atoms with van der Waals surface area (Å²) in [5.41, 5.74) is 2.25. The molecule has 1 aromatic heterocycles. The largest absolute Gasteiger partial charge is 0.459 e. The van der Waals surface area contributed by atoms with Crippen molar-refractivity contribution in [3.63, 3.8) is 0 Å². The molecule has 2 N–H and O–H groups in total. The van der Waals surface area contributed by atoms with Gasteiger partial charge < -0.3 is 15.4 Å². The molecule has 1 saturated heterocycles. The van der Waals surface area contributed by atoms with Crippen LogP contribution in [-0.2, 0) is 21.4 Å². The summed E-state index contributed by atoms with van der Waals surface area (Å²) in [7, 11) is 1.83. The van der Waals surface area contributed by atoms with E-state index in [1.54, 1.807) is 18.5 Å². The number of carbonyl (C=O) groups is 2. The van der Waals surface area contributed by atoms with Gasteiger partial charge in [-0.3, -0.25) is 9.48 Å². The van der Waals surface area contributed by atoms with E-state index < -0.39 is 11.9 Å². The van der Waals surface area contributed by atoms with Gasteiger partial charge in [-0.1, -0.05) is 0 Å². The molecule has 0 radical (unpaired) electrons. The molecule has 0 bridgehead atoms. The average molecular weight is 266 g/mol. The van der Waals surface area contributed by atoms with Crippen molar-refractivity contribution >= 4 is 17.6 Å². The Morgan fingerprint density at radius 2 is 2.21 bits per heavy atom. The maximum Gasteiger partial charge on any atom is 0.397 e. The number of hydrogen-bond acceptors (Lipinski definition) is 5. The average Bonchev–Trinajstić information content (AvgIpc) is 2.54. The van der Waals surface area contributed by atoms with Gasteiger partial charge >= 0.3 is 11.9 Å². The molecule has 19 heavy (non-hydrogen) atoms. The van der Waals surface area contributed by atoms with Crippen molar-refractivity contribution in [3.05, 3.63) is 11.4 Å². The van der Waals surface area contributed by atoms with Crippen LogP contribution in [0.25, 0.3) is 0 Å². The first-order chi connectivity index (χ1) is 9.04. The number of hydrogen-bond donors (Lipinski definition) is 2. The summed E-state index contributed by atoms with van der Waals surface area (Å²) in [6.07, 6.45) is 0. The molecule has 7 nitrogen and oxygen atoms in total. The van der Waals surface area contributed by atoms with E-state index in [-0.39, 0.29) is 6.61 Å². The molecule has 1 aliphatic rings. The van der Waals surface area contributed by atoms with Crippen LogP contribution in [0.5, 0.6) is 0 Å². The second-order valence-corrected chi connectivity index (χ2v) is 4.50. The van der Waals surface area contributed by atoms with Crippen LogP contribution in [0, 0.1) is 6.92 Å². The van der Waals surface area contributed by atoms with E-state index in [4.69, 9.17) is 0 Å². The number of rotatable bonds is 3. The van der Waals surface area contributed by atoms with Crippen molar-refractivity contribution in [1.82, 2.24) is 15.1 Å². The van der Waals surface area contributed by atoms with Crippen LogP contribution >= 0.6 is 0 Å². The minimum Gasteiger partial charge on any atom is -0.459 e. The fourth-order valence-electron chi connectivity index (χ4n) is 2.14. The molecular weight excluding hydrogens is 248 g/mol. The Morgan fingerprint density at radius 3 is 2.74 bits per heavy atom. The van der Waals surface area contributed by atoms with E-state index in [2.05, 4.69) is 20.5 Å². The minimum atomic E-state index is -0.872. The van der Waals surface area contributed by atoms with E-state index >= 15 is 0 Å². The molecule has 0 aliphatic carbocycles. The van der Waals surface area contributed by atoms with Crippen LogP contribution in [0.1, 0.15) is 24.2 Å². The van der Waals surface area contributed by atoms with Crippen LogP contribution in [0.4, 0.5) is 5.69 Å². The van der Waals surface area contributed by atoms with Gasteiger partial charge in [0.1, 0.15) is 0 Å². The van der Waals surface area contributed by atoms with Crippen molar-refractivity contribution in [2.75, 3.05) is 25.0 Å². The molecule has 0 unspecified atom stereocenters. The van der Waals surface area contributed by atoms with Crippen molar-refractivity contribution in [3.8, 4) is 0 Å². The highest BCUT2D eigenvalue weighted by Gasteiger charge is 2.29. The Kier molecular flexibility index (Phi) is 3.84. The first kappa shape index (κ1) is 13.5. The number of anilines is 1. The molecule has 0 aromatic carbocycles. The maximum absolute atomic E-state index is 11.7. The summed E-state index contributed by atoms with van der Waals surface area (Å²) in [6, 6.07) is 0. The Balaban J connectivity index is 2.19. The van der Waals surface area contributed by atoms with Crippen LogP contribution in [0.15, 0.2) is 0 Å². The summed E-state index contributed by atoms with van der Waals surface area (Å²) in [5.74, 6) is -1.32. The molecular formula is C12H18N4O3. The quantitative estimate of drug-likeness (QED) is 0.590. The van der Waals surface area contributed by atoms with Gasteiger partial charge in [0.25, 0.3) is 0 Å². The summed E-state index contributed by atoms with van der Waals surface area (Å²) in [4.78, 5) is 23.1. The lowest BCUT2D eigenvalue weighted by atomic mass is 9.97. The lowest BCUT2D eigenvalue weighted by molar-refractivity contribution is -0.152. The van der Waals surface area contributed by atoms with Gasteiger partial charge in [-0.2, -0.15) is 5.10 Å². The van der Waals surface area contributed by atoms with Crippen molar-refractivity contribution < 1.29 is 14.3 Å². The number of aryl methyl sites for hydroxylation is 2. The van der Waals surface area contributed by atoms with Crippen molar-refractivity contribution in [1.29, 1.82) is 0 Å². The standard InChI is InChI=1S/C12H18N4O3/c1-4-19-12(18)11(17)14-9-7(2)15-16(3)10(9)8-5-13-6-8/h8,13H,4-6H2,1-3H3,(H,14,17). The fourth-order valence-corrected chi connectivity index (χ4v) is 2.14. The molecule has 2 rings (SSSR count). The third kappa shape index (κ3) is 2.60. The minimum absolute atomic E-state index is 0.178. The number of aromatic nitrogens is 2. The molecule has 104 valence electrons.